The lowest BCUT2D eigenvalue weighted by molar-refractivity contribution is -0.123. The van der Waals surface area contributed by atoms with Gasteiger partial charge in [-0.15, -0.1) is 0 Å². The number of likely N-dealkylation sites (tertiary alicyclic amines) is 1. The van der Waals surface area contributed by atoms with Crippen LogP contribution in [0.25, 0.3) is 23.1 Å². The smallest absolute Gasteiger partial charge is 0.343 e. The number of halogens is 3. The molecule has 1 aliphatic heterocycles. The summed E-state index contributed by atoms with van der Waals surface area (Å²) in [6.07, 6.45) is 2.19. The molecule has 0 saturated carbocycles. The van der Waals surface area contributed by atoms with Gasteiger partial charge in [-0.3, -0.25) is 14.3 Å². The summed E-state index contributed by atoms with van der Waals surface area (Å²) in [5, 5.41) is 7.23. The fraction of sp³-hybridized carbons (Fsp3) is 0.385. The fourth-order valence-electron chi connectivity index (χ4n) is 4.74. The molecule has 2 amide bonds. The van der Waals surface area contributed by atoms with E-state index in [1.807, 2.05) is 16.2 Å². The number of carbonyl (C=O) groups excluding carboxylic acids is 2. The third-order valence-electron chi connectivity index (χ3n) is 6.79. The van der Waals surface area contributed by atoms with Crippen LogP contribution < -0.4 is 5.32 Å². The first-order chi connectivity index (χ1) is 17.5. The molecule has 1 N–H and O–H groups in total. The first-order valence-electron chi connectivity index (χ1n) is 11.9. The number of alkyl halides is 3. The number of piperidine rings is 1. The Labute approximate surface area is 212 Å². The van der Waals surface area contributed by atoms with Gasteiger partial charge in [-0.2, -0.15) is 18.3 Å². The second-order valence-electron chi connectivity index (χ2n) is 9.23. The van der Waals surface area contributed by atoms with Gasteiger partial charge in [-0.05, 0) is 55.5 Å². The standard InChI is InChI=1S/C26H29F3N6O2/c1-5-20-22(6-2)33(4)23(31-20)25(37)34-11-9-17(10-12-34)13-35-14-19-16(3)18(7-8-21(19)32-35)24(36)30-15-26(27,28)29/h5-8,14,17H,1-2,9-13,15H2,3-4H3,(H,30,36). The highest BCUT2D eigenvalue weighted by Crippen LogP contribution is 2.25. The molecule has 2 aromatic heterocycles. The second-order valence-corrected chi connectivity index (χ2v) is 9.23. The van der Waals surface area contributed by atoms with Gasteiger partial charge >= 0.3 is 6.18 Å². The zero-order chi connectivity index (χ0) is 26.9. The molecule has 0 unspecified atom stereocenters. The lowest BCUT2D eigenvalue weighted by Gasteiger charge is -2.31. The molecule has 0 spiro atoms. The number of rotatable bonds is 7. The van der Waals surface area contributed by atoms with Crippen molar-refractivity contribution in [2.45, 2.75) is 32.5 Å². The first-order valence-corrected chi connectivity index (χ1v) is 11.9. The third kappa shape index (κ3) is 5.45. The van der Waals surface area contributed by atoms with Crippen LogP contribution in [0.3, 0.4) is 0 Å². The van der Waals surface area contributed by atoms with Gasteiger partial charge in [0.1, 0.15) is 6.54 Å². The summed E-state index contributed by atoms with van der Waals surface area (Å²) in [5.41, 5.74) is 2.81. The number of hydrogen-bond acceptors (Lipinski definition) is 4. The summed E-state index contributed by atoms with van der Waals surface area (Å²) in [4.78, 5) is 31.6. The van der Waals surface area contributed by atoms with E-state index in [9.17, 15) is 22.8 Å². The normalized spacial score (nSPS) is 14.7. The second kappa shape index (κ2) is 10.2. The maximum absolute atomic E-state index is 13.1. The van der Waals surface area contributed by atoms with Gasteiger partial charge in [-0.25, -0.2) is 4.98 Å². The Bertz CT molecular complexity index is 1360. The molecule has 3 heterocycles. The quantitative estimate of drug-likeness (QED) is 0.512. The van der Waals surface area contributed by atoms with Crippen molar-refractivity contribution in [2.24, 2.45) is 13.0 Å². The van der Waals surface area contributed by atoms with E-state index in [-0.39, 0.29) is 11.5 Å². The molecule has 1 aliphatic rings. The Kier molecular flexibility index (Phi) is 7.24. The molecular formula is C26H29F3N6O2. The number of hydrogen-bond donors (Lipinski definition) is 1. The molecule has 3 aromatic rings. The molecule has 0 atom stereocenters. The summed E-state index contributed by atoms with van der Waals surface area (Å²) in [6, 6.07) is 3.14. The Morgan fingerprint density at radius 3 is 2.49 bits per heavy atom. The average molecular weight is 515 g/mol. The van der Waals surface area contributed by atoms with Gasteiger partial charge < -0.3 is 14.8 Å². The number of nitrogens with zero attached hydrogens (tertiary/aromatic N) is 5. The predicted molar refractivity (Wildman–Crippen MR) is 135 cm³/mol. The lowest BCUT2D eigenvalue weighted by Crippen LogP contribution is -2.40. The molecular weight excluding hydrogens is 485 g/mol. The minimum Gasteiger partial charge on any atom is -0.343 e. The van der Waals surface area contributed by atoms with E-state index < -0.39 is 18.6 Å². The van der Waals surface area contributed by atoms with Gasteiger partial charge in [0.2, 0.25) is 0 Å². The van der Waals surface area contributed by atoms with Gasteiger partial charge in [0.15, 0.2) is 5.82 Å². The van der Waals surface area contributed by atoms with Crippen molar-refractivity contribution in [3.05, 3.63) is 59.8 Å². The van der Waals surface area contributed by atoms with Crippen LogP contribution in [0.1, 0.15) is 50.8 Å². The Morgan fingerprint density at radius 1 is 1.19 bits per heavy atom. The SMILES string of the molecule is C=Cc1nc(C(=O)N2CCC(Cn3cc4c(C)c(C(=O)NCC(F)(F)F)ccc4n3)CC2)n(C)c1C=C. The zero-order valence-electron chi connectivity index (χ0n) is 20.8. The van der Waals surface area contributed by atoms with Crippen LogP contribution in [0.15, 0.2) is 31.5 Å². The summed E-state index contributed by atoms with van der Waals surface area (Å²) in [6.45, 7) is 9.67. The molecule has 0 radical (unpaired) electrons. The van der Waals surface area contributed by atoms with Crippen molar-refractivity contribution in [2.75, 3.05) is 19.6 Å². The van der Waals surface area contributed by atoms with Crippen LogP contribution in [0.4, 0.5) is 13.2 Å². The van der Waals surface area contributed by atoms with E-state index in [1.54, 1.807) is 41.7 Å². The van der Waals surface area contributed by atoms with E-state index in [0.29, 0.717) is 48.2 Å². The highest BCUT2D eigenvalue weighted by molar-refractivity contribution is 6.00. The summed E-state index contributed by atoms with van der Waals surface area (Å²) in [7, 11) is 1.78. The van der Waals surface area contributed by atoms with E-state index in [4.69, 9.17) is 0 Å². The number of aryl methyl sites for hydroxylation is 1. The highest BCUT2D eigenvalue weighted by Gasteiger charge is 2.29. The molecule has 0 bridgehead atoms. The monoisotopic (exact) mass is 514 g/mol. The van der Waals surface area contributed by atoms with Crippen molar-refractivity contribution < 1.29 is 22.8 Å². The van der Waals surface area contributed by atoms with E-state index >= 15 is 0 Å². The number of benzene rings is 1. The van der Waals surface area contributed by atoms with Crippen LogP contribution in [0.5, 0.6) is 0 Å². The number of nitrogens with one attached hydrogen (secondary N) is 1. The summed E-state index contributed by atoms with van der Waals surface area (Å²) in [5.74, 6) is -0.252. The highest BCUT2D eigenvalue weighted by atomic mass is 19.4. The average Bonchev–Trinajstić information content (AvgIpc) is 3.42. The molecule has 4 rings (SSSR count). The summed E-state index contributed by atoms with van der Waals surface area (Å²) < 4.78 is 40.9. The Morgan fingerprint density at radius 2 is 1.89 bits per heavy atom. The van der Waals surface area contributed by atoms with Gasteiger partial charge in [0.05, 0.1) is 16.9 Å². The van der Waals surface area contributed by atoms with Crippen molar-refractivity contribution in [1.29, 1.82) is 0 Å². The van der Waals surface area contributed by atoms with Crippen LogP contribution in [0.2, 0.25) is 0 Å². The van der Waals surface area contributed by atoms with Crippen molar-refractivity contribution in [3.8, 4) is 0 Å². The third-order valence-corrected chi connectivity index (χ3v) is 6.79. The number of imidazole rings is 1. The number of carbonyl (C=O) groups is 2. The van der Waals surface area contributed by atoms with Crippen LogP contribution in [0, 0.1) is 12.8 Å². The van der Waals surface area contributed by atoms with Gasteiger partial charge in [0, 0.05) is 43.8 Å². The first kappa shape index (κ1) is 26.2. The minimum absolute atomic E-state index is 0.131. The minimum atomic E-state index is -4.47. The maximum atomic E-state index is 13.1. The van der Waals surface area contributed by atoms with Crippen molar-refractivity contribution >= 4 is 34.9 Å². The van der Waals surface area contributed by atoms with E-state index in [0.717, 1.165) is 23.9 Å². The topological polar surface area (TPSA) is 85.1 Å². The summed E-state index contributed by atoms with van der Waals surface area (Å²) >= 11 is 0. The Hall–Kier alpha value is -3.89. The maximum Gasteiger partial charge on any atom is 0.405 e. The molecule has 0 aliphatic carbocycles. The van der Waals surface area contributed by atoms with Gasteiger partial charge in [-0.1, -0.05) is 13.2 Å². The van der Waals surface area contributed by atoms with Crippen LogP contribution in [-0.2, 0) is 13.6 Å². The molecule has 1 aromatic carbocycles. The largest absolute Gasteiger partial charge is 0.405 e. The van der Waals surface area contributed by atoms with Crippen LogP contribution in [-0.4, -0.2) is 61.9 Å². The zero-order valence-corrected chi connectivity index (χ0v) is 20.8. The number of amides is 2. The predicted octanol–water partition coefficient (Wildman–Crippen LogP) is 4.21. The molecule has 196 valence electrons. The van der Waals surface area contributed by atoms with Gasteiger partial charge in [0.25, 0.3) is 11.8 Å². The molecule has 11 heteroatoms. The van der Waals surface area contributed by atoms with Crippen molar-refractivity contribution in [1.82, 2.24) is 29.5 Å². The molecule has 8 nitrogen and oxygen atoms in total. The molecule has 1 saturated heterocycles. The van der Waals surface area contributed by atoms with E-state index in [2.05, 4.69) is 23.2 Å². The number of fused-ring (bicyclic) bond motifs is 1. The number of aromatic nitrogens is 4. The molecule has 1 fully saturated rings. The lowest BCUT2D eigenvalue weighted by atomic mass is 9.97. The Balaban J connectivity index is 1.40. The van der Waals surface area contributed by atoms with Crippen molar-refractivity contribution in [3.63, 3.8) is 0 Å². The molecule has 37 heavy (non-hydrogen) atoms. The fourth-order valence-corrected chi connectivity index (χ4v) is 4.74. The van der Waals surface area contributed by atoms with E-state index in [1.165, 1.54) is 6.07 Å². The van der Waals surface area contributed by atoms with Crippen LogP contribution >= 0.6 is 0 Å².